The van der Waals surface area contributed by atoms with Crippen LogP contribution in [0.3, 0.4) is 0 Å². The van der Waals surface area contributed by atoms with Gasteiger partial charge in [-0.3, -0.25) is 4.79 Å². The van der Waals surface area contributed by atoms with Crippen LogP contribution < -0.4 is 5.32 Å². The number of carbonyl (C=O) groups excluding carboxylic acids is 1. The van der Waals surface area contributed by atoms with Crippen molar-refractivity contribution in [3.05, 3.63) is 45.1 Å². The lowest BCUT2D eigenvalue weighted by Crippen LogP contribution is -2.10. The molecule has 0 saturated heterocycles. The van der Waals surface area contributed by atoms with Crippen LogP contribution in [0.15, 0.2) is 29.6 Å². The van der Waals surface area contributed by atoms with E-state index >= 15 is 0 Å². The van der Waals surface area contributed by atoms with Crippen LogP contribution in [0.1, 0.15) is 15.2 Å². The first-order valence-electron chi connectivity index (χ1n) is 4.92. The number of rotatable bonds is 2. The third kappa shape index (κ3) is 2.60. The Labute approximate surface area is 108 Å². The molecule has 3 nitrogen and oxygen atoms in total. The molecule has 1 amide bonds. The van der Waals surface area contributed by atoms with Gasteiger partial charge in [0.25, 0.3) is 5.91 Å². The molecule has 2 rings (SSSR count). The third-order valence-corrected chi connectivity index (χ3v) is 3.93. The molecule has 1 aromatic carbocycles. The quantitative estimate of drug-likeness (QED) is 0.816. The minimum atomic E-state index is -0.237. The fourth-order valence-corrected chi connectivity index (χ4v) is 2.49. The van der Waals surface area contributed by atoms with Crippen molar-refractivity contribution in [1.29, 1.82) is 0 Å². The summed E-state index contributed by atoms with van der Waals surface area (Å²) in [7, 11) is 0. The standard InChI is InChI=1S/C12H10ClNO2S/c1-7-6-17-11(10(7)13)12(16)14-8-2-4-9(15)5-3-8/h2-6,15H,1H3,(H,14,16). The van der Waals surface area contributed by atoms with Crippen LogP contribution in [0.4, 0.5) is 5.69 Å². The first-order chi connectivity index (χ1) is 8.08. The fraction of sp³-hybridized carbons (Fsp3) is 0.0833. The predicted octanol–water partition coefficient (Wildman–Crippen LogP) is 3.67. The average molecular weight is 268 g/mol. The molecule has 0 aliphatic heterocycles. The molecule has 88 valence electrons. The highest BCUT2D eigenvalue weighted by Gasteiger charge is 2.14. The van der Waals surface area contributed by atoms with Gasteiger partial charge in [0.2, 0.25) is 0 Å². The molecule has 1 aromatic heterocycles. The Morgan fingerprint density at radius 1 is 1.35 bits per heavy atom. The van der Waals surface area contributed by atoms with E-state index in [0.717, 1.165) is 5.56 Å². The number of halogens is 1. The average Bonchev–Trinajstić information content (AvgIpc) is 2.63. The number of thiophene rings is 1. The van der Waals surface area contributed by atoms with Crippen molar-refractivity contribution in [3.8, 4) is 5.75 Å². The SMILES string of the molecule is Cc1csc(C(=O)Nc2ccc(O)cc2)c1Cl. The van der Waals surface area contributed by atoms with Crippen molar-refractivity contribution in [2.24, 2.45) is 0 Å². The molecule has 5 heteroatoms. The molecule has 0 bridgehead atoms. The molecule has 0 radical (unpaired) electrons. The van der Waals surface area contributed by atoms with Gasteiger partial charge in [0.15, 0.2) is 0 Å². The molecule has 2 N–H and O–H groups in total. The summed E-state index contributed by atoms with van der Waals surface area (Å²) in [4.78, 5) is 12.4. The number of hydrogen-bond acceptors (Lipinski definition) is 3. The van der Waals surface area contributed by atoms with Gasteiger partial charge in [-0.1, -0.05) is 11.6 Å². The summed E-state index contributed by atoms with van der Waals surface area (Å²) < 4.78 is 0. The molecule has 1 heterocycles. The van der Waals surface area contributed by atoms with Crippen molar-refractivity contribution in [2.75, 3.05) is 5.32 Å². The number of nitrogens with one attached hydrogen (secondary N) is 1. The topological polar surface area (TPSA) is 49.3 Å². The molecular formula is C12H10ClNO2S. The molecule has 2 aromatic rings. The highest BCUT2D eigenvalue weighted by atomic mass is 35.5. The van der Waals surface area contributed by atoms with E-state index < -0.39 is 0 Å². The number of amides is 1. The molecule has 0 unspecified atom stereocenters. The summed E-state index contributed by atoms with van der Waals surface area (Å²) >= 11 is 7.32. The molecule has 0 aliphatic rings. The van der Waals surface area contributed by atoms with E-state index in [1.165, 1.54) is 23.5 Å². The van der Waals surface area contributed by atoms with Crippen LogP contribution in [-0.4, -0.2) is 11.0 Å². The van der Waals surface area contributed by atoms with Crippen molar-refractivity contribution in [3.63, 3.8) is 0 Å². The summed E-state index contributed by atoms with van der Waals surface area (Å²) in [6.45, 7) is 1.86. The van der Waals surface area contributed by atoms with Crippen LogP contribution in [0.25, 0.3) is 0 Å². The molecule has 0 fully saturated rings. The van der Waals surface area contributed by atoms with E-state index in [4.69, 9.17) is 16.7 Å². The Morgan fingerprint density at radius 3 is 2.53 bits per heavy atom. The number of aryl methyl sites for hydroxylation is 1. The predicted molar refractivity (Wildman–Crippen MR) is 70.1 cm³/mol. The molecular weight excluding hydrogens is 258 g/mol. The van der Waals surface area contributed by atoms with Gasteiger partial charge >= 0.3 is 0 Å². The number of phenolic OH excluding ortho intramolecular Hbond substituents is 1. The van der Waals surface area contributed by atoms with Crippen LogP contribution in [0.2, 0.25) is 5.02 Å². The molecule has 0 saturated carbocycles. The summed E-state index contributed by atoms with van der Waals surface area (Å²) in [6.07, 6.45) is 0. The zero-order valence-corrected chi connectivity index (χ0v) is 10.6. The summed E-state index contributed by atoms with van der Waals surface area (Å²) in [5, 5.41) is 14.2. The molecule has 0 spiro atoms. The minimum absolute atomic E-state index is 0.160. The molecule has 0 aliphatic carbocycles. The summed E-state index contributed by atoms with van der Waals surface area (Å²) in [5.74, 6) is -0.0770. The first kappa shape index (κ1) is 12.0. The maximum Gasteiger partial charge on any atom is 0.267 e. The van der Waals surface area contributed by atoms with E-state index in [9.17, 15) is 4.79 Å². The second-order valence-electron chi connectivity index (χ2n) is 3.56. The van der Waals surface area contributed by atoms with E-state index in [0.29, 0.717) is 15.6 Å². The maximum atomic E-state index is 11.9. The molecule has 17 heavy (non-hydrogen) atoms. The smallest absolute Gasteiger partial charge is 0.267 e. The Hall–Kier alpha value is -1.52. The Balaban J connectivity index is 2.17. The monoisotopic (exact) mass is 267 g/mol. The lowest BCUT2D eigenvalue weighted by molar-refractivity contribution is 0.103. The normalized spacial score (nSPS) is 10.2. The second kappa shape index (κ2) is 4.77. The number of aromatic hydroxyl groups is 1. The number of phenols is 1. The van der Waals surface area contributed by atoms with E-state index in [2.05, 4.69) is 5.32 Å². The van der Waals surface area contributed by atoms with E-state index in [1.54, 1.807) is 12.1 Å². The number of benzene rings is 1. The highest BCUT2D eigenvalue weighted by molar-refractivity contribution is 7.13. The van der Waals surface area contributed by atoms with Crippen molar-refractivity contribution in [2.45, 2.75) is 6.92 Å². The van der Waals surface area contributed by atoms with Crippen LogP contribution in [0.5, 0.6) is 5.75 Å². The van der Waals surface area contributed by atoms with Gasteiger partial charge < -0.3 is 10.4 Å². The van der Waals surface area contributed by atoms with Gasteiger partial charge in [-0.2, -0.15) is 0 Å². The van der Waals surface area contributed by atoms with Gasteiger partial charge in [-0.15, -0.1) is 11.3 Å². The lowest BCUT2D eigenvalue weighted by atomic mass is 10.3. The van der Waals surface area contributed by atoms with Crippen molar-refractivity contribution in [1.82, 2.24) is 0 Å². The minimum Gasteiger partial charge on any atom is -0.508 e. The van der Waals surface area contributed by atoms with Gasteiger partial charge in [0, 0.05) is 5.69 Å². The maximum absolute atomic E-state index is 11.9. The molecule has 0 atom stereocenters. The van der Waals surface area contributed by atoms with Crippen LogP contribution in [-0.2, 0) is 0 Å². The third-order valence-electron chi connectivity index (χ3n) is 2.23. The van der Waals surface area contributed by atoms with Gasteiger partial charge in [0.05, 0.1) is 5.02 Å². The van der Waals surface area contributed by atoms with Crippen molar-refractivity contribution < 1.29 is 9.90 Å². The van der Waals surface area contributed by atoms with Crippen molar-refractivity contribution >= 4 is 34.5 Å². The van der Waals surface area contributed by atoms with Gasteiger partial charge in [-0.05, 0) is 42.1 Å². The van der Waals surface area contributed by atoms with Gasteiger partial charge in [0.1, 0.15) is 10.6 Å². The zero-order valence-electron chi connectivity index (χ0n) is 9.03. The lowest BCUT2D eigenvalue weighted by Gasteiger charge is -2.04. The van der Waals surface area contributed by atoms with E-state index in [-0.39, 0.29) is 11.7 Å². The fourth-order valence-electron chi connectivity index (χ4n) is 1.32. The van der Waals surface area contributed by atoms with Crippen LogP contribution >= 0.6 is 22.9 Å². The number of hydrogen-bond donors (Lipinski definition) is 2. The second-order valence-corrected chi connectivity index (χ2v) is 4.82. The van der Waals surface area contributed by atoms with Gasteiger partial charge in [-0.25, -0.2) is 0 Å². The Kier molecular flexibility index (Phi) is 3.36. The highest BCUT2D eigenvalue weighted by Crippen LogP contribution is 2.28. The van der Waals surface area contributed by atoms with E-state index in [1.807, 2.05) is 12.3 Å². The summed E-state index contributed by atoms with van der Waals surface area (Å²) in [5.41, 5.74) is 1.52. The Bertz CT molecular complexity index is 548. The zero-order chi connectivity index (χ0) is 12.4. The number of anilines is 1. The number of carbonyl (C=O) groups is 1. The summed E-state index contributed by atoms with van der Waals surface area (Å²) in [6, 6.07) is 6.27. The van der Waals surface area contributed by atoms with Crippen LogP contribution in [0, 0.1) is 6.92 Å². The Morgan fingerprint density at radius 2 is 2.00 bits per heavy atom. The largest absolute Gasteiger partial charge is 0.508 e. The first-order valence-corrected chi connectivity index (χ1v) is 6.17.